The topological polar surface area (TPSA) is 91.8 Å². The van der Waals surface area contributed by atoms with Crippen LogP contribution in [0.4, 0.5) is 0 Å². The lowest BCUT2D eigenvalue weighted by atomic mass is 9.99. The van der Waals surface area contributed by atoms with Gasteiger partial charge in [-0.05, 0) is 31.5 Å². The van der Waals surface area contributed by atoms with Crippen LogP contribution in [0.3, 0.4) is 0 Å². The van der Waals surface area contributed by atoms with E-state index in [4.69, 9.17) is 0 Å². The number of hydrogen-bond acceptors (Lipinski definition) is 5. The first kappa shape index (κ1) is 18.9. The molecule has 0 aliphatic carbocycles. The predicted molar refractivity (Wildman–Crippen MR) is 91.1 cm³/mol. The molecule has 1 fully saturated rings. The summed E-state index contributed by atoms with van der Waals surface area (Å²) in [4.78, 5) is 14.1. The maximum Gasteiger partial charge on any atom is 0.254 e. The first-order valence-electron chi connectivity index (χ1n) is 7.40. The molecule has 7 nitrogen and oxygen atoms in total. The van der Waals surface area contributed by atoms with E-state index in [9.17, 15) is 21.6 Å². The highest BCUT2D eigenvalue weighted by atomic mass is 32.2. The van der Waals surface area contributed by atoms with Gasteiger partial charge in [-0.1, -0.05) is 6.07 Å². The highest BCUT2D eigenvalue weighted by Crippen LogP contribution is 2.30. The minimum atomic E-state index is -3.64. The van der Waals surface area contributed by atoms with E-state index in [1.165, 1.54) is 43.3 Å². The zero-order chi connectivity index (χ0) is 18.3. The third-order valence-electron chi connectivity index (χ3n) is 4.46. The van der Waals surface area contributed by atoms with E-state index in [0.29, 0.717) is 6.42 Å². The molecule has 0 saturated carbocycles. The van der Waals surface area contributed by atoms with E-state index < -0.39 is 31.3 Å². The Hall–Kier alpha value is -1.45. The maximum atomic E-state index is 12.7. The minimum Gasteiger partial charge on any atom is -0.335 e. The molecule has 1 aliphatic rings. The van der Waals surface area contributed by atoms with Crippen LogP contribution >= 0.6 is 0 Å². The molecule has 1 aromatic rings. The van der Waals surface area contributed by atoms with Crippen molar-refractivity contribution in [2.75, 3.05) is 32.6 Å². The summed E-state index contributed by atoms with van der Waals surface area (Å²) in [6.45, 7) is 1.73. The van der Waals surface area contributed by atoms with Crippen LogP contribution < -0.4 is 0 Å². The van der Waals surface area contributed by atoms with Gasteiger partial charge in [-0.3, -0.25) is 4.79 Å². The van der Waals surface area contributed by atoms with Crippen LogP contribution in [-0.2, 0) is 19.9 Å². The van der Waals surface area contributed by atoms with Crippen LogP contribution in [-0.4, -0.2) is 70.1 Å². The summed E-state index contributed by atoms with van der Waals surface area (Å²) in [5.41, 5.74) is -0.572. The fourth-order valence-electron chi connectivity index (χ4n) is 2.70. The lowest BCUT2D eigenvalue weighted by Crippen LogP contribution is -2.48. The smallest absolute Gasteiger partial charge is 0.254 e. The fourth-order valence-corrected chi connectivity index (χ4v) is 5.83. The van der Waals surface area contributed by atoms with E-state index in [2.05, 4.69) is 0 Å². The maximum absolute atomic E-state index is 12.7. The van der Waals surface area contributed by atoms with Crippen LogP contribution in [0, 0.1) is 0 Å². The van der Waals surface area contributed by atoms with E-state index >= 15 is 0 Å². The van der Waals surface area contributed by atoms with Gasteiger partial charge in [0.2, 0.25) is 10.0 Å². The second-order valence-electron chi connectivity index (χ2n) is 6.52. The molecule has 1 aromatic carbocycles. The van der Waals surface area contributed by atoms with Gasteiger partial charge in [-0.2, -0.15) is 0 Å². The Labute approximate surface area is 143 Å². The second kappa shape index (κ2) is 6.12. The number of rotatable bonds is 4. The van der Waals surface area contributed by atoms with Crippen molar-refractivity contribution in [2.24, 2.45) is 0 Å². The Morgan fingerprint density at radius 3 is 2.33 bits per heavy atom. The van der Waals surface area contributed by atoms with Gasteiger partial charge in [0.05, 0.1) is 21.9 Å². The van der Waals surface area contributed by atoms with Crippen molar-refractivity contribution in [3.8, 4) is 0 Å². The van der Waals surface area contributed by atoms with Gasteiger partial charge in [-0.25, -0.2) is 21.1 Å². The Kier molecular flexibility index (Phi) is 4.82. The summed E-state index contributed by atoms with van der Waals surface area (Å²) >= 11 is 0. The molecule has 24 heavy (non-hydrogen) atoms. The highest BCUT2D eigenvalue weighted by molar-refractivity contribution is 7.91. The molecule has 1 saturated heterocycles. The zero-order valence-electron chi connectivity index (χ0n) is 14.2. The van der Waals surface area contributed by atoms with Crippen molar-refractivity contribution in [2.45, 2.75) is 23.8 Å². The molecule has 1 atom stereocenters. The Bertz CT molecular complexity index is 862. The number of sulfone groups is 1. The average molecular weight is 374 g/mol. The van der Waals surface area contributed by atoms with Crippen molar-refractivity contribution >= 4 is 25.8 Å². The van der Waals surface area contributed by atoms with E-state index in [1.54, 1.807) is 14.0 Å². The number of hydrogen-bond donors (Lipinski definition) is 0. The molecular formula is C15H22N2O5S2. The molecular weight excluding hydrogens is 352 g/mol. The Morgan fingerprint density at radius 1 is 1.21 bits per heavy atom. The fraction of sp³-hybridized carbons (Fsp3) is 0.533. The van der Waals surface area contributed by atoms with Crippen LogP contribution in [0.5, 0.6) is 0 Å². The van der Waals surface area contributed by atoms with Crippen molar-refractivity contribution < 1.29 is 21.6 Å². The quantitative estimate of drug-likeness (QED) is 0.769. The van der Waals surface area contributed by atoms with Gasteiger partial charge < -0.3 is 4.90 Å². The number of sulfonamides is 1. The lowest BCUT2D eigenvalue weighted by Gasteiger charge is -2.34. The number of amides is 1. The van der Waals surface area contributed by atoms with Gasteiger partial charge in [-0.15, -0.1) is 0 Å². The van der Waals surface area contributed by atoms with Crippen molar-refractivity contribution in [1.82, 2.24) is 9.21 Å². The van der Waals surface area contributed by atoms with E-state index in [0.717, 1.165) is 4.31 Å². The molecule has 1 aliphatic heterocycles. The molecule has 0 N–H and O–H groups in total. The molecule has 0 bridgehead atoms. The molecule has 134 valence electrons. The zero-order valence-corrected chi connectivity index (χ0v) is 15.8. The van der Waals surface area contributed by atoms with E-state index in [-0.39, 0.29) is 22.0 Å². The number of nitrogens with zero attached hydrogens (tertiary/aromatic N) is 2. The normalized spacial score (nSPS) is 23.4. The monoisotopic (exact) mass is 374 g/mol. The average Bonchev–Trinajstić information content (AvgIpc) is 2.80. The van der Waals surface area contributed by atoms with Gasteiger partial charge in [0, 0.05) is 26.7 Å². The number of carbonyl (C=O) groups excluding carboxylic acids is 1. The number of carbonyl (C=O) groups is 1. The molecule has 2 rings (SSSR count). The third-order valence-corrected chi connectivity index (χ3v) is 8.16. The first-order chi connectivity index (χ1) is 10.9. The first-order valence-corrected chi connectivity index (χ1v) is 10.7. The minimum absolute atomic E-state index is 0.0240. The van der Waals surface area contributed by atoms with Crippen molar-refractivity contribution in [3.05, 3.63) is 29.8 Å². The lowest BCUT2D eigenvalue weighted by molar-refractivity contribution is 0.0638. The summed E-state index contributed by atoms with van der Waals surface area (Å²) in [7, 11) is -2.41. The summed E-state index contributed by atoms with van der Waals surface area (Å²) in [6, 6.07) is 5.78. The summed E-state index contributed by atoms with van der Waals surface area (Å²) < 4.78 is 49.0. The van der Waals surface area contributed by atoms with Crippen molar-refractivity contribution in [1.29, 1.82) is 0 Å². The van der Waals surface area contributed by atoms with Crippen molar-refractivity contribution in [3.63, 3.8) is 0 Å². The van der Waals surface area contributed by atoms with Gasteiger partial charge in [0.25, 0.3) is 5.91 Å². The van der Waals surface area contributed by atoms with Gasteiger partial charge in [0.1, 0.15) is 0 Å². The van der Waals surface area contributed by atoms with Crippen LogP contribution in [0.15, 0.2) is 29.2 Å². The molecule has 1 heterocycles. The standard InChI is InChI=1S/C15H22N2O5S2/c1-15(8-9-23(19,20)11-15)17(4)14(18)12-6-5-7-13(10-12)24(21,22)16(2)3/h5-7,10H,8-9,11H2,1-4H3/t15-/m0/s1. The van der Waals surface area contributed by atoms with Crippen LogP contribution in [0.2, 0.25) is 0 Å². The highest BCUT2D eigenvalue weighted by Gasteiger charge is 2.43. The largest absolute Gasteiger partial charge is 0.335 e. The molecule has 0 spiro atoms. The van der Waals surface area contributed by atoms with Gasteiger partial charge in [0.15, 0.2) is 9.84 Å². The van der Waals surface area contributed by atoms with E-state index in [1.807, 2.05) is 0 Å². The summed E-state index contributed by atoms with van der Waals surface area (Å²) in [6.07, 6.45) is 0.368. The number of benzene rings is 1. The molecule has 0 aromatic heterocycles. The van der Waals surface area contributed by atoms with Gasteiger partial charge >= 0.3 is 0 Å². The van der Waals surface area contributed by atoms with Crippen LogP contribution in [0.25, 0.3) is 0 Å². The third kappa shape index (κ3) is 3.47. The summed E-state index contributed by atoms with van der Waals surface area (Å²) in [5, 5.41) is 0. The van der Waals surface area contributed by atoms with Crippen LogP contribution in [0.1, 0.15) is 23.7 Å². The molecule has 0 unspecified atom stereocenters. The molecule has 0 radical (unpaired) electrons. The molecule has 1 amide bonds. The second-order valence-corrected chi connectivity index (χ2v) is 10.9. The molecule has 9 heteroatoms. The Balaban J connectivity index is 2.34. The SMILES string of the molecule is CN(C(=O)c1cccc(S(=O)(=O)N(C)C)c1)[C@@]1(C)CCS(=O)(=O)C1. The Morgan fingerprint density at radius 2 is 1.83 bits per heavy atom. The predicted octanol–water partition coefficient (Wildman–Crippen LogP) is 0.586. The summed E-state index contributed by atoms with van der Waals surface area (Å²) in [5.74, 6) is -0.431.